The Morgan fingerprint density at radius 2 is 1.84 bits per heavy atom. The van der Waals surface area contributed by atoms with Gasteiger partial charge in [-0.15, -0.1) is 0 Å². The molecular weight excluding hydrogens is 328 g/mol. The van der Waals surface area contributed by atoms with Crippen molar-refractivity contribution in [3.8, 4) is 0 Å². The number of amides is 1. The molecule has 1 aromatic carbocycles. The smallest absolute Gasteiger partial charge is 0.257 e. The van der Waals surface area contributed by atoms with Gasteiger partial charge in [0.1, 0.15) is 11.6 Å². The third-order valence-corrected chi connectivity index (χ3v) is 4.68. The number of carbonyl (C=O) groups is 1. The number of nitrogens with zero attached hydrogens (tertiary/aromatic N) is 3. The second kappa shape index (κ2) is 6.55. The molecule has 1 fully saturated rings. The number of hydrogen-bond donors (Lipinski definition) is 1. The fourth-order valence-electron chi connectivity index (χ4n) is 3.19. The highest BCUT2D eigenvalue weighted by atomic mass is 19.1. The van der Waals surface area contributed by atoms with Crippen molar-refractivity contribution in [1.29, 1.82) is 0 Å². The molecule has 1 aromatic heterocycles. The normalized spacial score (nSPS) is 17.1. The first-order valence-electron chi connectivity index (χ1n) is 8.32. The van der Waals surface area contributed by atoms with Crippen LogP contribution in [-0.4, -0.2) is 38.8 Å². The summed E-state index contributed by atoms with van der Waals surface area (Å²) in [5.41, 5.74) is -1.44. The van der Waals surface area contributed by atoms with Crippen LogP contribution in [0.2, 0.25) is 0 Å². The summed E-state index contributed by atoms with van der Waals surface area (Å²) in [6.45, 7) is 4.36. The van der Waals surface area contributed by atoms with Crippen molar-refractivity contribution in [2.45, 2.75) is 38.3 Å². The number of rotatable bonds is 3. The molecule has 0 aliphatic carbocycles. The van der Waals surface area contributed by atoms with Crippen LogP contribution in [0.15, 0.2) is 30.6 Å². The van der Waals surface area contributed by atoms with Gasteiger partial charge in [0.05, 0.1) is 22.9 Å². The number of halogens is 2. The summed E-state index contributed by atoms with van der Waals surface area (Å²) in [6.07, 6.45) is 3.35. The van der Waals surface area contributed by atoms with Crippen molar-refractivity contribution in [1.82, 2.24) is 14.7 Å². The van der Waals surface area contributed by atoms with E-state index in [-0.39, 0.29) is 43.4 Å². The molecule has 2 aromatic rings. The summed E-state index contributed by atoms with van der Waals surface area (Å²) in [5.74, 6) is -1.72. The van der Waals surface area contributed by atoms with Crippen LogP contribution in [0.3, 0.4) is 0 Å². The van der Waals surface area contributed by atoms with Gasteiger partial charge in [-0.05, 0) is 38.8 Å². The molecule has 1 amide bonds. The maximum absolute atomic E-state index is 14.0. The summed E-state index contributed by atoms with van der Waals surface area (Å²) in [4.78, 5) is 14.1. The maximum Gasteiger partial charge on any atom is 0.257 e. The lowest BCUT2D eigenvalue weighted by atomic mass is 9.83. The standard InChI is InChI=1S/C18H21F2N3O2/c1-12(2)23-11-13(10-21-23)17(24)22-8-6-18(25,7-9-22)16-14(19)4-3-5-15(16)20/h3-5,10-12,25H,6-9H2,1-2H3. The predicted octanol–water partition coefficient (Wildman–Crippen LogP) is 2.87. The van der Waals surface area contributed by atoms with Gasteiger partial charge in [-0.1, -0.05) is 6.07 Å². The van der Waals surface area contributed by atoms with E-state index in [2.05, 4.69) is 5.10 Å². The first-order chi connectivity index (χ1) is 11.8. The van der Waals surface area contributed by atoms with E-state index in [0.29, 0.717) is 5.56 Å². The van der Waals surface area contributed by atoms with E-state index in [1.165, 1.54) is 12.3 Å². The van der Waals surface area contributed by atoms with Crippen molar-refractivity contribution in [2.24, 2.45) is 0 Å². The van der Waals surface area contributed by atoms with Gasteiger partial charge in [0, 0.05) is 25.3 Å². The summed E-state index contributed by atoms with van der Waals surface area (Å²) in [7, 11) is 0. The molecule has 3 rings (SSSR count). The third-order valence-electron chi connectivity index (χ3n) is 4.68. The predicted molar refractivity (Wildman–Crippen MR) is 88.0 cm³/mol. The summed E-state index contributed by atoms with van der Waals surface area (Å²) >= 11 is 0. The molecule has 0 bridgehead atoms. The van der Waals surface area contributed by atoms with Gasteiger partial charge >= 0.3 is 0 Å². The zero-order chi connectivity index (χ0) is 18.2. The topological polar surface area (TPSA) is 58.4 Å². The molecule has 1 N–H and O–H groups in total. The van der Waals surface area contributed by atoms with E-state index < -0.39 is 17.2 Å². The first kappa shape index (κ1) is 17.5. The number of piperidine rings is 1. The SMILES string of the molecule is CC(C)n1cc(C(=O)N2CCC(O)(c3c(F)cccc3F)CC2)cn1. The van der Waals surface area contributed by atoms with Crippen molar-refractivity contribution >= 4 is 5.91 Å². The Bertz CT molecular complexity index is 760. The van der Waals surface area contributed by atoms with Crippen LogP contribution in [0.1, 0.15) is 48.7 Å². The average molecular weight is 349 g/mol. The summed E-state index contributed by atoms with van der Waals surface area (Å²) in [5, 5.41) is 14.9. The minimum Gasteiger partial charge on any atom is -0.385 e. The van der Waals surface area contributed by atoms with Crippen LogP contribution in [-0.2, 0) is 5.60 Å². The Balaban J connectivity index is 1.73. The second-order valence-corrected chi connectivity index (χ2v) is 6.72. The summed E-state index contributed by atoms with van der Waals surface area (Å²) < 4.78 is 29.7. The molecule has 5 nitrogen and oxygen atoms in total. The van der Waals surface area contributed by atoms with Crippen LogP contribution in [0, 0.1) is 11.6 Å². The Morgan fingerprint density at radius 3 is 2.36 bits per heavy atom. The van der Waals surface area contributed by atoms with Gasteiger partial charge in [0.15, 0.2) is 0 Å². The zero-order valence-corrected chi connectivity index (χ0v) is 14.2. The number of likely N-dealkylation sites (tertiary alicyclic amines) is 1. The molecular formula is C18H21F2N3O2. The molecule has 7 heteroatoms. The molecule has 0 spiro atoms. The van der Waals surface area contributed by atoms with Gasteiger partial charge < -0.3 is 10.0 Å². The zero-order valence-electron chi connectivity index (χ0n) is 14.2. The molecule has 2 heterocycles. The van der Waals surface area contributed by atoms with Crippen LogP contribution in [0.25, 0.3) is 0 Å². The van der Waals surface area contributed by atoms with Gasteiger partial charge in [-0.3, -0.25) is 9.48 Å². The monoisotopic (exact) mass is 349 g/mol. The molecule has 0 saturated carbocycles. The number of hydrogen-bond acceptors (Lipinski definition) is 3. The molecule has 134 valence electrons. The molecule has 1 aliphatic heterocycles. The lowest BCUT2D eigenvalue weighted by Gasteiger charge is -2.38. The van der Waals surface area contributed by atoms with Crippen LogP contribution in [0.5, 0.6) is 0 Å². The molecule has 0 atom stereocenters. The minimum atomic E-state index is -1.60. The first-order valence-corrected chi connectivity index (χ1v) is 8.32. The number of benzene rings is 1. The van der Waals surface area contributed by atoms with Gasteiger partial charge in [-0.25, -0.2) is 8.78 Å². The van der Waals surface area contributed by atoms with Gasteiger partial charge in [-0.2, -0.15) is 5.10 Å². The molecule has 1 aliphatic rings. The number of carbonyl (C=O) groups excluding carboxylic acids is 1. The van der Waals surface area contributed by atoms with E-state index in [4.69, 9.17) is 0 Å². The second-order valence-electron chi connectivity index (χ2n) is 6.72. The van der Waals surface area contributed by atoms with Crippen LogP contribution in [0.4, 0.5) is 8.78 Å². The van der Waals surface area contributed by atoms with Crippen LogP contribution >= 0.6 is 0 Å². The van der Waals surface area contributed by atoms with E-state index in [1.54, 1.807) is 15.8 Å². The molecule has 0 unspecified atom stereocenters. The maximum atomic E-state index is 14.0. The lowest BCUT2D eigenvalue weighted by molar-refractivity contribution is -0.0262. The molecule has 25 heavy (non-hydrogen) atoms. The fraction of sp³-hybridized carbons (Fsp3) is 0.444. The molecule has 0 radical (unpaired) electrons. The fourth-order valence-corrected chi connectivity index (χ4v) is 3.19. The van der Waals surface area contributed by atoms with E-state index in [9.17, 15) is 18.7 Å². The Kier molecular flexibility index (Phi) is 4.60. The summed E-state index contributed by atoms with van der Waals surface area (Å²) in [6, 6.07) is 3.68. The lowest BCUT2D eigenvalue weighted by Crippen LogP contribution is -2.45. The quantitative estimate of drug-likeness (QED) is 0.927. The van der Waals surface area contributed by atoms with Crippen molar-refractivity contribution in [2.75, 3.05) is 13.1 Å². The largest absolute Gasteiger partial charge is 0.385 e. The van der Waals surface area contributed by atoms with E-state index in [0.717, 1.165) is 12.1 Å². The number of aromatic nitrogens is 2. The molecule has 1 saturated heterocycles. The minimum absolute atomic E-state index is 0.0783. The average Bonchev–Trinajstić information content (AvgIpc) is 3.05. The van der Waals surface area contributed by atoms with Crippen molar-refractivity contribution in [3.63, 3.8) is 0 Å². The van der Waals surface area contributed by atoms with Gasteiger partial charge in [0.2, 0.25) is 0 Å². The van der Waals surface area contributed by atoms with Crippen LogP contribution < -0.4 is 0 Å². The van der Waals surface area contributed by atoms with E-state index in [1.807, 2.05) is 13.8 Å². The van der Waals surface area contributed by atoms with Crippen molar-refractivity contribution < 1.29 is 18.7 Å². The van der Waals surface area contributed by atoms with E-state index >= 15 is 0 Å². The highest BCUT2D eigenvalue weighted by Crippen LogP contribution is 2.36. The Hall–Kier alpha value is -2.28. The number of aliphatic hydroxyl groups is 1. The van der Waals surface area contributed by atoms with Gasteiger partial charge in [0.25, 0.3) is 5.91 Å². The highest BCUT2D eigenvalue weighted by molar-refractivity contribution is 5.93. The highest BCUT2D eigenvalue weighted by Gasteiger charge is 2.39. The van der Waals surface area contributed by atoms with Crippen molar-refractivity contribution in [3.05, 3.63) is 53.4 Å². The Labute approximate surface area is 144 Å². The third kappa shape index (κ3) is 3.28. The Morgan fingerprint density at radius 1 is 1.24 bits per heavy atom.